The normalized spacial score (nSPS) is 10.4. The fourth-order valence-electron chi connectivity index (χ4n) is 2.99. The third kappa shape index (κ3) is 5.76. The van der Waals surface area contributed by atoms with E-state index in [1.54, 1.807) is 37.5 Å². The number of anilines is 1. The molecule has 1 amide bonds. The molecule has 8 nitrogen and oxygen atoms in total. The molecule has 1 aromatic heterocycles. The number of hydrogen-bond donors (Lipinski definition) is 1. The summed E-state index contributed by atoms with van der Waals surface area (Å²) in [4.78, 5) is 24.4. The highest BCUT2D eigenvalue weighted by Crippen LogP contribution is 2.21. The maximum Gasteiger partial charge on any atom is 0.339 e. The number of allylic oxidation sites excluding steroid dienone is 1. The zero-order valence-corrected chi connectivity index (χ0v) is 18.7. The molecule has 0 aliphatic heterocycles. The predicted octanol–water partition coefficient (Wildman–Crippen LogP) is 3.58. The summed E-state index contributed by atoms with van der Waals surface area (Å²) in [5.41, 5.74) is 1.76. The Kier molecular flexibility index (Phi) is 8.04. The smallest absolute Gasteiger partial charge is 0.339 e. The van der Waals surface area contributed by atoms with Crippen LogP contribution in [-0.4, -0.2) is 46.6 Å². The molecule has 32 heavy (non-hydrogen) atoms. The molecule has 0 saturated heterocycles. The molecule has 9 heteroatoms. The van der Waals surface area contributed by atoms with E-state index in [1.807, 2.05) is 28.8 Å². The van der Waals surface area contributed by atoms with Crippen molar-refractivity contribution in [3.8, 4) is 5.75 Å². The lowest BCUT2D eigenvalue weighted by molar-refractivity contribution is -0.113. The molecule has 2 aromatic carbocycles. The standard InChI is InChI=1S/C23H24N4O4S/c1-4-13-27-20(14-16-9-11-17(30-2)12-10-16)25-26-23(27)32-15-21(28)24-19-8-6-5-7-18(19)22(29)31-3/h4-12H,1,13-15H2,2-3H3,(H,24,28). The second-order valence-corrected chi connectivity index (χ2v) is 7.64. The van der Waals surface area contributed by atoms with E-state index in [0.717, 1.165) is 17.1 Å². The molecule has 0 fully saturated rings. The number of methoxy groups -OCH3 is 2. The van der Waals surface area contributed by atoms with Crippen LogP contribution >= 0.6 is 11.8 Å². The molecule has 0 atom stereocenters. The molecule has 0 saturated carbocycles. The van der Waals surface area contributed by atoms with Crippen LogP contribution in [0.2, 0.25) is 0 Å². The molecule has 3 rings (SSSR count). The number of carbonyl (C=O) groups is 2. The van der Waals surface area contributed by atoms with Gasteiger partial charge in [0.1, 0.15) is 11.6 Å². The largest absolute Gasteiger partial charge is 0.497 e. The second-order valence-electron chi connectivity index (χ2n) is 6.70. The number of benzene rings is 2. The van der Waals surface area contributed by atoms with Crippen LogP contribution in [-0.2, 0) is 22.5 Å². The van der Waals surface area contributed by atoms with E-state index < -0.39 is 5.97 Å². The number of rotatable bonds is 10. The summed E-state index contributed by atoms with van der Waals surface area (Å²) in [5.74, 6) is 0.887. The highest BCUT2D eigenvalue weighted by molar-refractivity contribution is 7.99. The SMILES string of the molecule is C=CCn1c(Cc2ccc(OC)cc2)nnc1SCC(=O)Nc1ccccc1C(=O)OC. The zero-order valence-electron chi connectivity index (χ0n) is 17.9. The van der Waals surface area contributed by atoms with Crippen LogP contribution < -0.4 is 10.1 Å². The summed E-state index contributed by atoms with van der Waals surface area (Å²) in [5, 5.41) is 11.9. The molecule has 0 aliphatic carbocycles. The third-order valence-corrected chi connectivity index (χ3v) is 5.53. The van der Waals surface area contributed by atoms with Crippen molar-refractivity contribution in [3.63, 3.8) is 0 Å². The van der Waals surface area contributed by atoms with Gasteiger partial charge in [-0.05, 0) is 29.8 Å². The summed E-state index contributed by atoms with van der Waals surface area (Å²) in [6.07, 6.45) is 2.35. The third-order valence-electron chi connectivity index (χ3n) is 4.57. The van der Waals surface area contributed by atoms with Crippen molar-refractivity contribution >= 4 is 29.3 Å². The van der Waals surface area contributed by atoms with Gasteiger partial charge in [0, 0.05) is 13.0 Å². The van der Waals surface area contributed by atoms with Gasteiger partial charge in [0.25, 0.3) is 0 Å². The minimum Gasteiger partial charge on any atom is -0.497 e. The lowest BCUT2D eigenvalue weighted by Crippen LogP contribution is -2.17. The number of ether oxygens (including phenoxy) is 2. The van der Waals surface area contributed by atoms with E-state index in [9.17, 15) is 9.59 Å². The lowest BCUT2D eigenvalue weighted by atomic mass is 10.1. The monoisotopic (exact) mass is 452 g/mol. The number of carbonyl (C=O) groups excluding carboxylic acids is 2. The average Bonchev–Trinajstić information content (AvgIpc) is 3.19. The van der Waals surface area contributed by atoms with Crippen molar-refractivity contribution in [2.75, 3.05) is 25.3 Å². The van der Waals surface area contributed by atoms with E-state index >= 15 is 0 Å². The minimum atomic E-state index is -0.512. The van der Waals surface area contributed by atoms with Crippen LogP contribution in [0, 0.1) is 0 Å². The first kappa shape index (κ1) is 23.1. The molecule has 0 aliphatic rings. The summed E-state index contributed by atoms with van der Waals surface area (Å²) in [7, 11) is 2.93. The Hall–Kier alpha value is -3.59. The molecule has 1 heterocycles. The molecule has 0 unspecified atom stereocenters. The first-order chi connectivity index (χ1) is 15.5. The first-order valence-corrected chi connectivity index (χ1v) is 10.8. The Morgan fingerprint density at radius 1 is 1.12 bits per heavy atom. The number of amides is 1. The number of aromatic nitrogens is 3. The van der Waals surface area contributed by atoms with Crippen LogP contribution in [0.25, 0.3) is 0 Å². The number of esters is 1. The number of nitrogens with zero attached hydrogens (tertiary/aromatic N) is 3. The van der Waals surface area contributed by atoms with E-state index in [-0.39, 0.29) is 11.7 Å². The van der Waals surface area contributed by atoms with Gasteiger partial charge in [-0.15, -0.1) is 16.8 Å². The van der Waals surface area contributed by atoms with E-state index in [1.165, 1.54) is 18.9 Å². The van der Waals surface area contributed by atoms with Crippen molar-refractivity contribution < 1.29 is 19.1 Å². The molecule has 0 bridgehead atoms. The van der Waals surface area contributed by atoms with Crippen LogP contribution in [0.5, 0.6) is 5.75 Å². The van der Waals surface area contributed by atoms with E-state index in [0.29, 0.717) is 29.4 Å². The zero-order chi connectivity index (χ0) is 22.9. The Bertz CT molecular complexity index is 1100. The average molecular weight is 453 g/mol. The second kappa shape index (κ2) is 11.1. The van der Waals surface area contributed by atoms with Crippen LogP contribution in [0.4, 0.5) is 5.69 Å². The highest BCUT2D eigenvalue weighted by Gasteiger charge is 2.16. The van der Waals surface area contributed by atoms with Gasteiger partial charge in [-0.25, -0.2) is 4.79 Å². The molecule has 1 N–H and O–H groups in total. The van der Waals surface area contributed by atoms with Crippen molar-refractivity contribution in [2.45, 2.75) is 18.1 Å². The van der Waals surface area contributed by atoms with Crippen LogP contribution in [0.3, 0.4) is 0 Å². The Labute approximate surface area is 190 Å². The van der Waals surface area contributed by atoms with Gasteiger partial charge in [0.15, 0.2) is 5.16 Å². The first-order valence-electron chi connectivity index (χ1n) is 9.81. The number of para-hydroxylation sites is 1. The van der Waals surface area contributed by atoms with Gasteiger partial charge < -0.3 is 19.4 Å². The molecule has 0 radical (unpaired) electrons. The van der Waals surface area contributed by atoms with Crippen LogP contribution in [0.1, 0.15) is 21.7 Å². The molecule has 166 valence electrons. The van der Waals surface area contributed by atoms with Gasteiger partial charge in [-0.1, -0.05) is 42.1 Å². The molecule has 0 spiro atoms. The number of nitrogens with one attached hydrogen (secondary N) is 1. The van der Waals surface area contributed by atoms with Crippen molar-refractivity contribution in [1.82, 2.24) is 14.8 Å². The Morgan fingerprint density at radius 3 is 2.56 bits per heavy atom. The fraction of sp³-hybridized carbons (Fsp3) is 0.217. The molecular weight excluding hydrogens is 428 g/mol. The van der Waals surface area contributed by atoms with Gasteiger partial charge in [-0.3, -0.25) is 4.79 Å². The highest BCUT2D eigenvalue weighted by atomic mass is 32.2. The Morgan fingerprint density at radius 2 is 1.88 bits per heavy atom. The van der Waals surface area contributed by atoms with Crippen molar-refractivity contribution in [3.05, 3.63) is 78.1 Å². The van der Waals surface area contributed by atoms with Crippen molar-refractivity contribution in [1.29, 1.82) is 0 Å². The summed E-state index contributed by atoms with van der Waals surface area (Å²) in [6.45, 7) is 4.33. The Balaban J connectivity index is 1.68. The topological polar surface area (TPSA) is 95.3 Å². The molecule has 3 aromatic rings. The van der Waals surface area contributed by atoms with Gasteiger partial charge in [0.2, 0.25) is 5.91 Å². The van der Waals surface area contributed by atoms with Gasteiger partial charge in [-0.2, -0.15) is 0 Å². The van der Waals surface area contributed by atoms with Crippen molar-refractivity contribution in [2.24, 2.45) is 0 Å². The maximum absolute atomic E-state index is 12.5. The molecular formula is C23H24N4O4S. The fourth-order valence-corrected chi connectivity index (χ4v) is 3.76. The number of hydrogen-bond acceptors (Lipinski definition) is 7. The number of thioether (sulfide) groups is 1. The summed E-state index contributed by atoms with van der Waals surface area (Å²) in [6, 6.07) is 14.4. The minimum absolute atomic E-state index is 0.104. The quantitative estimate of drug-likeness (QED) is 0.285. The van der Waals surface area contributed by atoms with E-state index in [2.05, 4.69) is 22.1 Å². The van der Waals surface area contributed by atoms with Crippen LogP contribution in [0.15, 0.2) is 66.3 Å². The van der Waals surface area contributed by atoms with Gasteiger partial charge >= 0.3 is 5.97 Å². The summed E-state index contributed by atoms with van der Waals surface area (Å²) < 4.78 is 11.9. The lowest BCUT2D eigenvalue weighted by Gasteiger charge is -2.10. The van der Waals surface area contributed by atoms with E-state index in [4.69, 9.17) is 9.47 Å². The predicted molar refractivity (Wildman–Crippen MR) is 123 cm³/mol. The van der Waals surface area contributed by atoms with Gasteiger partial charge in [0.05, 0.1) is 31.2 Å². The summed E-state index contributed by atoms with van der Waals surface area (Å²) >= 11 is 1.27. The maximum atomic E-state index is 12.5.